The van der Waals surface area contributed by atoms with E-state index >= 15 is 0 Å². The number of rotatable bonds is 5. The first-order chi connectivity index (χ1) is 11.5. The Hall–Kier alpha value is -0.200. The van der Waals surface area contributed by atoms with Gasteiger partial charge in [0.05, 0.1) is 16.8 Å². The average molecular weight is 369 g/mol. The van der Waals surface area contributed by atoms with E-state index < -0.39 is 5.79 Å². The van der Waals surface area contributed by atoms with E-state index in [2.05, 4.69) is 19.1 Å². The van der Waals surface area contributed by atoms with Gasteiger partial charge in [-0.3, -0.25) is 0 Å². The average Bonchev–Trinajstić information content (AvgIpc) is 2.91. The number of hydrogen-bond donors (Lipinski definition) is 1. The number of hydrogen-bond acceptors (Lipinski definition) is 5. The number of aliphatic hydroxyl groups is 1. The van der Waals surface area contributed by atoms with Crippen LogP contribution in [0.5, 0.6) is 0 Å². The summed E-state index contributed by atoms with van der Waals surface area (Å²) in [5.41, 5.74) is 1.12. The summed E-state index contributed by atoms with van der Waals surface area (Å²) in [6.07, 6.45) is 1.47. The van der Waals surface area contributed by atoms with Gasteiger partial charge in [-0.2, -0.15) is 0 Å². The van der Waals surface area contributed by atoms with Crippen LogP contribution in [0.4, 0.5) is 0 Å². The molecule has 0 unspecified atom stereocenters. The molecule has 2 fully saturated rings. The number of thioether (sulfide) groups is 2. The fourth-order valence-corrected chi connectivity index (χ4v) is 6.34. The Balaban J connectivity index is 1.69. The van der Waals surface area contributed by atoms with Crippen molar-refractivity contribution in [3.05, 3.63) is 35.9 Å². The second-order valence-corrected chi connectivity index (χ2v) is 10.0. The van der Waals surface area contributed by atoms with Crippen molar-refractivity contribution in [3.8, 4) is 0 Å². The Morgan fingerprint density at radius 2 is 1.83 bits per heavy atom. The summed E-state index contributed by atoms with van der Waals surface area (Å²) in [5, 5.41) is 10.8. The fraction of sp³-hybridized carbons (Fsp3) is 0.684. The lowest BCUT2D eigenvalue weighted by Gasteiger charge is -2.30. The molecule has 0 aromatic heterocycles. The van der Waals surface area contributed by atoms with Crippen molar-refractivity contribution in [1.29, 1.82) is 0 Å². The van der Waals surface area contributed by atoms with Gasteiger partial charge in [-0.05, 0) is 43.8 Å². The van der Waals surface area contributed by atoms with E-state index in [0.29, 0.717) is 4.58 Å². The van der Waals surface area contributed by atoms with Gasteiger partial charge in [-0.1, -0.05) is 37.3 Å². The predicted molar refractivity (Wildman–Crippen MR) is 102 cm³/mol. The monoisotopic (exact) mass is 368 g/mol. The van der Waals surface area contributed by atoms with Crippen LogP contribution in [0.15, 0.2) is 30.3 Å². The molecule has 1 aromatic rings. The summed E-state index contributed by atoms with van der Waals surface area (Å²) in [7, 11) is 0. The molecular formula is C19H28O3S2. The molecule has 0 aliphatic carbocycles. The fourth-order valence-electron chi connectivity index (χ4n) is 3.38. The van der Waals surface area contributed by atoms with Crippen LogP contribution in [0.1, 0.15) is 45.3 Å². The van der Waals surface area contributed by atoms with E-state index in [1.807, 2.05) is 55.6 Å². The molecule has 0 spiro atoms. The van der Waals surface area contributed by atoms with Crippen LogP contribution in [0.25, 0.3) is 0 Å². The van der Waals surface area contributed by atoms with Gasteiger partial charge >= 0.3 is 0 Å². The normalized spacial score (nSPS) is 30.2. The summed E-state index contributed by atoms with van der Waals surface area (Å²) in [4.78, 5) is 0. The van der Waals surface area contributed by atoms with Gasteiger partial charge in [-0.25, -0.2) is 0 Å². The maximum absolute atomic E-state index is 10.8. The van der Waals surface area contributed by atoms with Gasteiger partial charge in [0.15, 0.2) is 5.79 Å². The summed E-state index contributed by atoms with van der Waals surface area (Å²) < 4.78 is 12.9. The van der Waals surface area contributed by atoms with Gasteiger partial charge in [0.25, 0.3) is 0 Å². The Kier molecular flexibility index (Phi) is 6.20. The zero-order valence-electron chi connectivity index (χ0n) is 14.7. The maximum atomic E-state index is 10.8. The molecule has 0 saturated carbocycles. The van der Waals surface area contributed by atoms with Crippen molar-refractivity contribution in [1.82, 2.24) is 0 Å². The molecule has 5 heteroatoms. The first-order valence-electron chi connectivity index (χ1n) is 8.78. The smallest absolute Gasteiger partial charge is 0.164 e. The Bertz CT molecular complexity index is 517. The van der Waals surface area contributed by atoms with Crippen LogP contribution in [0, 0.1) is 5.92 Å². The third kappa shape index (κ3) is 4.50. The Morgan fingerprint density at radius 3 is 2.50 bits per heavy atom. The molecule has 0 radical (unpaired) electrons. The second kappa shape index (κ2) is 8.00. The molecule has 1 aromatic carbocycles. The van der Waals surface area contributed by atoms with E-state index in [9.17, 15) is 5.11 Å². The molecule has 24 heavy (non-hydrogen) atoms. The van der Waals surface area contributed by atoms with Crippen LogP contribution < -0.4 is 0 Å². The van der Waals surface area contributed by atoms with Gasteiger partial charge in [-0.15, -0.1) is 23.5 Å². The summed E-state index contributed by atoms with van der Waals surface area (Å²) in [6, 6.07) is 10.2. The Morgan fingerprint density at radius 1 is 1.17 bits per heavy atom. The Labute approximate surface area is 153 Å². The number of ether oxygens (including phenoxy) is 2. The molecular weight excluding hydrogens is 340 g/mol. The highest BCUT2D eigenvalue weighted by atomic mass is 32.2. The van der Waals surface area contributed by atoms with E-state index in [1.54, 1.807) is 0 Å². The summed E-state index contributed by atoms with van der Waals surface area (Å²) >= 11 is 3.96. The quantitative estimate of drug-likeness (QED) is 0.830. The van der Waals surface area contributed by atoms with Gasteiger partial charge in [0.1, 0.15) is 6.10 Å². The second-order valence-electron chi connectivity index (χ2n) is 7.12. The molecule has 0 bridgehead atoms. The maximum Gasteiger partial charge on any atom is 0.164 e. The lowest BCUT2D eigenvalue weighted by Crippen LogP contribution is -2.35. The molecule has 0 amide bonds. The van der Waals surface area contributed by atoms with Crippen molar-refractivity contribution in [2.24, 2.45) is 5.92 Å². The van der Waals surface area contributed by atoms with Crippen LogP contribution in [0.3, 0.4) is 0 Å². The lowest BCUT2D eigenvalue weighted by atomic mass is 9.90. The molecule has 2 aliphatic rings. The molecule has 1 N–H and O–H groups in total. The third-order valence-corrected chi connectivity index (χ3v) is 7.71. The zero-order chi connectivity index (χ0) is 17.2. The summed E-state index contributed by atoms with van der Waals surface area (Å²) in [5.74, 6) is 1.83. The number of aliphatic hydroxyl groups excluding tert-OH is 1. The minimum atomic E-state index is -0.618. The van der Waals surface area contributed by atoms with E-state index in [0.717, 1.165) is 12.0 Å². The van der Waals surface area contributed by atoms with Crippen molar-refractivity contribution in [3.63, 3.8) is 0 Å². The summed E-state index contributed by atoms with van der Waals surface area (Å²) in [6.45, 7) is 6.00. The molecule has 134 valence electrons. The van der Waals surface area contributed by atoms with Crippen LogP contribution in [-0.2, 0) is 9.47 Å². The van der Waals surface area contributed by atoms with Crippen LogP contribution in [-0.4, -0.2) is 39.2 Å². The van der Waals surface area contributed by atoms with Crippen LogP contribution in [0.2, 0.25) is 0 Å². The predicted octanol–water partition coefficient (Wildman–Crippen LogP) is 4.46. The van der Waals surface area contributed by atoms with E-state index in [4.69, 9.17) is 9.47 Å². The van der Waals surface area contributed by atoms with Crippen molar-refractivity contribution in [2.75, 3.05) is 11.5 Å². The molecule has 3 rings (SSSR count). The standard InChI is InChI=1S/C19H28O3S2/c1-13(15(20)12-16-23-10-7-11-24-16)17-18(22-19(2,3)21-17)14-8-5-4-6-9-14/h4-6,8-9,13,15-18,20H,7,10-12H2,1-3H3/t13-,15-,17+,18+/m0/s1. The van der Waals surface area contributed by atoms with Crippen molar-refractivity contribution in [2.45, 2.75) is 62.3 Å². The van der Waals surface area contributed by atoms with Gasteiger partial charge in [0.2, 0.25) is 0 Å². The number of benzene rings is 1. The topological polar surface area (TPSA) is 38.7 Å². The SMILES string of the molecule is C[C@H]([C@H]1OC(C)(C)O[C@@H]1c1ccccc1)[C@@H](O)CC1SCCCS1. The highest BCUT2D eigenvalue weighted by Crippen LogP contribution is 2.43. The molecule has 4 atom stereocenters. The minimum Gasteiger partial charge on any atom is -0.393 e. The zero-order valence-corrected chi connectivity index (χ0v) is 16.3. The van der Waals surface area contributed by atoms with Crippen molar-refractivity contribution >= 4 is 23.5 Å². The van der Waals surface area contributed by atoms with Gasteiger partial charge in [0, 0.05) is 5.92 Å². The highest BCUT2D eigenvalue weighted by Gasteiger charge is 2.46. The molecule has 2 aliphatic heterocycles. The van der Waals surface area contributed by atoms with Gasteiger partial charge < -0.3 is 14.6 Å². The highest BCUT2D eigenvalue weighted by molar-refractivity contribution is 8.17. The lowest BCUT2D eigenvalue weighted by molar-refractivity contribution is -0.153. The van der Waals surface area contributed by atoms with Crippen molar-refractivity contribution < 1.29 is 14.6 Å². The largest absolute Gasteiger partial charge is 0.393 e. The first-order valence-corrected chi connectivity index (χ1v) is 10.9. The van der Waals surface area contributed by atoms with Crippen LogP contribution >= 0.6 is 23.5 Å². The molecule has 3 nitrogen and oxygen atoms in total. The molecule has 2 saturated heterocycles. The first kappa shape index (κ1) is 18.6. The van der Waals surface area contributed by atoms with E-state index in [-0.39, 0.29) is 24.2 Å². The van der Waals surface area contributed by atoms with E-state index in [1.165, 1.54) is 17.9 Å². The third-order valence-electron chi connectivity index (χ3n) is 4.71. The minimum absolute atomic E-state index is 0.0279. The molecule has 2 heterocycles.